The summed E-state index contributed by atoms with van der Waals surface area (Å²) >= 11 is 1.77. The van der Waals surface area contributed by atoms with Crippen molar-refractivity contribution in [1.82, 2.24) is 0 Å². The van der Waals surface area contributed by atoms with Gasteiger partial charge in [0.2, 0.25) is 0 Å². The number of rotatable bonds is 3. The predicted octanol–water partition coefficient (Wildman–Crippen LogP) is 4.17. The van der Waals surface area contributed by atoms with Crippen LogP contribution in [0.5, 0.6) is 0 Å². The highest BCUT2D eigenvalue weighted by atomic mass is 32.1. The Bertz CT molecular complexity index is 473. The number of thiophene rings is 1. The van der Waals surface area contributed by atoms with E-state index in [1.165, 1.54) is 9.75 Å². The smallest absolute Gasteiger partial charge is 0.0793 e. The summed E-state index contributed by atoms with van der Waals surface area (Å²) in [5.74, 6) is 0. The van der Waals surface area contributed by atoms with Crippen molar-refractivity contribution in [3.05, 3.63) is 46.8 Å². The van der Waals surface area contributed by atoms with E-state index in [9.17, 15) is 5.11 Å². The number of benzene rings is 1. The quantitative estimate of drug-likeness (QED) is 0.842. The van der Waals surface area contributed by atoms with Crippen molar-refractivity contribution in [3.8, 4) is 10.4 Å². The van der Waals surface area contributed by atoms with Gasteiger partial charge in [0, 0.05) is 9.75 Å². The summed E-state index contributed by atoms with van der Waals surface area (Å²) in [5.41, 5.74) is 2.20. The van der Waals surface area contributed by atoms with Gasteiger partial charge in [0.15, 0.2) is 0 Å². The largest absolute Gasteiger partial charge is 0.388 e. The van der Waals surface area contributed by atoms with Crippen LogP contribution in [-0.4, -0.2) is 5.11 Å². The molecule has 1 nitrogen and oxygen atoms in total. The number of aliphatic hydroxyl groups excluding tert-OH is 1. The Labute approximate surface area is 100 Å². The van der Waals surface area contributed by atoms with Gasteiger partial charge in [-0.25, -0.2) is 0 Å². The maximum absolute atomic E-state index is 9.98. The highest BCUT2D eigenvalue weighted by molar-refractivity contribution is 7.15. The Hall–Kier alpha value is -1.12. The fourth-order valence-electron chi connectivity index (χ4n) is 1.81. The van der Waals surface area contributed by atoms with Gasteiger partial charge in [-0.1, -0.05) is 31.2 Å². The van der Waals surface area contributed by atoms with Crippen LogP contribution in [-0.2, 0) is 0 Å². The second-order valence-corrected chi connectivity index (χ2v) is 5.21. The molecule has 1 aromatic heterocycles. The molecule has 16 heavy (non-hydrogen) atoms. The average Bonchev–Trinajstić information content (AvgIpc) is 2.75. The van der Waals surface area contributed by atoms with Crippen molar-refractivity contribution in [2.45, 2.75) is 26.4 Å². The third-order valence-electron chi connectivity index (χ3n) is 2.71. The lowest BCUT2D eigenvalue weighted by Crippen LogP contribution is -1.97. The summed E-state index contributed by atoms with van der Waals surface area (Å²) in [7, 11) is 0. The molecule has 0 radical (unpaired) electrons. The van der Waals surface area contributed by atoms with Crippen LogP contribution in [0.4, 0.5) is 0 Å². The highest BCUT2D eigenvalue weighted by Gasteiger charge is 2.12. The van der Waals surface area contributed by atoms with Crippen LogP contribution >= 0.6 is 11.3 Å². The van der Waals surface area contributed by atoms with Gasteiger partial charge < -0.3 is 5.11 Å². The first kappa shape index (κ1) is 11.4. The minimum atomic E-state index is -0.362. The van der Waals surface area contributed by atoms with Crippen LogP contribution in [0.25, 0.3) is 10.4 Å². The number of aryl methyl sites for hydroxylation is 1. The lowest BCUT2D eigenvalue weighted by Gasteiger charge is -2.12. The van der Waals surface area contributed by atoms with E-state index in [1.54, 1.807) is 11.3 Å². The summed E-state index contributed by atoms with van der Waals surface area (Å²) in [6, 6.07) is 12.4. The normalized spacial score (nSPS) is 12.7. The van der Waals surface area contributed by atoms with Crippen LogP contribution in [0.3, 0.4) is 0 Å². The fraction of sp³-hybridized carbons (Fsp3) is 0.286. The molecule has 2 heteroatoms. The van der Waals surface area contributed by atoms with E-state index < -0.39 is 0 Å². The zero-order valence-electron chi connectivity index (χ0n) is 9.60. The molecule has 2 rings (SSSR count). The maximum atomic E-state index is 9.98. The molecule has 0 aliphatic rings. The Morgan fingerprint density at radius 1 is 1.19 bits per heavy atom. The number of aliphatic hydroxyl groups is 1. The summed E-state index contributed by atoms with van der Waals surface area (Å²) in [6.07, 6.45) is 0.389. The van der Waals surface area contributed by atoms with Crippen molar-refractivity contribution in [2.24, 2.45) is 0 Å². The molecule has 0 aliphatic heterocycles. The molecule has 1 unspecified atom stereocenters. The molecule has 1 heterocycles. The Morgan fingerprint density at radius 2 is 1.94 bits per heavy atom. The number of hydrogen-bond donors (Lipinski definition) is 1. The molecule has 1 aromatic carbocycles. The van der Waals surface area contributed by atoms with E-state index in [0.717, 1.165) is 17.5 Å². The first-order chi connectivity index (χ1) is 7.72. The Morgan fingerprint density at radius 3 is 2.56 bits per heavy atom. The molecular weight excluding hydrogens is 216 g/mol. The van der Waals surface area contributed by atoms with Crippen molar-refractivity contribution in [1.29, 1.82) is 0 Å². The predicted molar refractivity (Wildman–Crippen MR) is 69.7 cm³/mol. The lowest BCUT2D eigenvalue weighted by molar-refractivity contribution is 0.174. The van der Waals surface area contributed by atoms with Crippen LogP contribution in [0.2, 0.25) is 0 Å². The van der Waals surface area contributed by atoms with Gasteiger partial charge in [-0.3, -0.25) is 0 Å². The van der Waals surface area contributed by atoms with E-state index in [1.807, 2.05) is 25.1 Å². The number of hydrogen-bond acceptors (Lipinski definition) is 2. The monoisotopic (exact) mass is 232 g/mol. The molecule has 0 amide bonds. The van der Waals surface area contributed by atoms with E-state index in [4.69, 9.17) is 0 Å². The SMILES string of the molecule is CCC(O)c1ccccc1-c1ccc(C)s1. The van der Waals surface area contributed by atoms with Gasteiger partial charge in [-0.15, -0.1) is 11.3 Å². The summed E-state index contributed by atoms with van der Waals surface area (Å²) < 4.78 is 0. The van der Waals surface area contributed by atoms with Gasteiger partial charge in [-0.2, -0.15) is 0 Å². The summed E-state index contributed by atoms with van der Waals surface area (Å²) in [4.78, 5) is 2.54. The molecule has 0 fully saturated rings. The Balaban J connectivity index is 2.48. The van der Waals surface area contributed by atoms with Crippen molar-refractivity contribution in [3.63, 3.8) is 0 Å². The summed E-state index contributed by atoms with van der Waals surface area (Å²) in [6.45, 7) is 4.11. The minimum Gasteiger partial charge on any atom is -0.388 e. The lowest BCUT2D eigenvalue weighted by atomic mass is 10.00. The second kappa shape index (κ2) is 4.81. The topological polar surface area (TPSA) is 20.2 Å². The van der Waals surface area contributed by atoms with Gasteiger partial charge in [-0.05, 0) is 36.6 Å². The molecule has 1 atom stereocenters. The second-order valence-electron chi connectivity index (χ2n) is 3.92. The fourth-order valence-corrected chi connectivity index (χ4v) is 2.73. The standard InChI is InChI=1S/C14H16OS/c1-3-13(15)11-6-4-5-7-12(11)14-9-8-10(2)16-14/h4-9,13,15H,3H2,1-2H3. The molecule has 0 saturated heterocycles. The van der Waals surface area contributed by atoms with Crippen LogP contribution < -0.4 is 0 Å². The first-order valence-electron chi connectivity index (χ1n) is 5.56. The van der Waals surface area contributed by atoms with Gasteiger partial charge in [0.05, 0.1) is 6.10 Å². The maximum Gasteiger partial charge on any atom is 0.0793 e. The molecule has 1 N–H and O–H groups in total. The highest BCUT2D eigenvalue weighted by Crippen LogP contribution is 2.33. The first-order valence-corrected chi connectivity index (χ1v) is 6.38. The molecule has 0 bridgehead atoms. The zero-order valence-corrected chi connectivity index (χ0v) is 10.4. The zero-order chi connectivity index (χ0) is 11.5. The molecule has 0 spiro atoms. The van der Waals surface area contributed by atoms with Crippen LogP contribution in [0, 0.1) is 6.92 Å². The molecule has 0 saturated carbocycles. The van der Waals surface area contributed by atoms with E-state index in [-0.39, 0.29) is 6.10 Å². The third-order valence-corrected chi connectivity index (χ3v) is 3.75. The van der Waals surface area contributed by atoms with Crippen molar-refractivity contribution in [2.75, 3.05) is 0 Å². The van der Waals surface area contributed by atoms with Crippen molar-refractivity contribution < 1.29 is 5.11 Å². The van der Waals surface area contributed by atoms with Gasteiger partial charge >= 0.3 is 0 Å². The average molecular weight is 232 g/mol. The summed E-state index contributed by atoms with van der Waals surface area (Å²) in [5, 5.41) is 9.98. The minimum absolute atomic E-state index is 0.362. The Kier molecular flexibility index (Phi) is 3.42. The molecular formula is C14H16OS. The molecule has 2 aromatic rings. The van der Waals surface area contributed by atoms with E-state index in [0.29, 0.717) is 0 Å². The molecule has 0 aliphatic carbocycles. The third kappa shape index (κ3) is 2.18. The van der Waals surface area contributed by atoms with Gasteiger partial charge in [0.25, 0.3) is 0 Å². The van der Waals surface area contributed by atoms with Crippen LogP contribution in [0.15, 0.2) is 36.4 Å². The van der Waals surface area contributed by atoms with Gasteiger partial charge in [0.1, 0.15) is 0 Å². The molecule has 84 valence electrons. The van der Waals surface area contributed by atoms with Crippen molar-refractivity contribution >= 4 is 11.3 Å². The van der Waals surface area contributed by atoms with E-state index in [2.05, 4.69) is 25.1 Å². The van der Waals surface area contributed by atoms with E-state index >= 15 is 0 Å². The van der Waals surface area contributed by atoms with Crippen LogP contribution in [0.1, 0.15) is 29.9 Å².